The number of carbonyl (C=O) groups is 9. The number of rotatable bonds is 24. The molecule has 0 aliphatic carbocycles. The zero-order chi connectivity index (χ0) is 51.1. The number of carboxylic acids is 1. The maximum absolute atomic E-state index is 11.0. The Balaban J connectivity index is -0.0000000988. The van der Waals surface area contributed by atoms with Crippen molar-refractivity contribution in [3.8, 4) is 0 Å². The molecule has 1 heterocycles. The van der Waals surface area contributed by atoms with Crippen molar-refractivity contribution in [1.82, 2.24) is 15.5 Å². The smallest absolute Gasteiger partial charge is 0.481 e. The van der Waals surface area contributed by atoms with Crippen molar-refractivity contribution in [2.45, 2.75) is 139 Å². The molecule has 378 valence electrons. The molecule has 0 unspecified atom stereocenters. The average Bonchev–Trinajstić information content (AvgIpc) is 3.62. The summed E-state index contributed by atoms with van der Waals surface area (Å²) in [6, 6.07) is 0. The van der Waals surface area contributed by atoms with Crippen molar-refractivity contribution >= 4 is 82.0 Å². The number of amides is 4. The third kappa shape index (κ3) is 62.4. The number of methoxy groups -OCH3 is 2. The van der Waals surface area contributed by atoms with Gasteiger partial charge in [0.1, 0.15) is 11.6 Å². The average molecular weight is 1010 g/mol. The van der Waals surface area contributed by atoms with Crippen LogP contribution in [0.1, 0.15) is 128 Å². The molecule has 1 rings (SSSR count). The van der Waals surface area contributed by atoms with Gasteiger partial charge in [-0.1, -0.05) is 50.5 Å². The molecule has 64 heavy (non-hydrogen) atoms. The van der Waals surface area contributed by atoms with E-state index < -0.39 is 5.97 Å². The van der Waals surface area contributed by atoms with E-state index in [2.05, 4.69) is 48.5 Å². The second kappa shape index (κ2) is 61.2. The Kier molecular flexibility index (Phi) is 71.2. The molecule has 1 saturated heterocycles. The largest absolute Gasteiger partial charge is 1.00 e. The van der Waals surface area contributed by atoms with Gasteiger partial charge < -0.3 is 54.7 Å². The molecule has 1 aliphatic heterocycles. The van der Waals surface area contributed by atoms with Crippen LogP contribution >= 0.6 is 15.9 Å². The third-order valence-electron chi connectivity index (χ3n) is 6.78. The van der Waals surface area contributed by atoms with Crippen LogP contribution in [0, 0.1) is 4.78 Å². The first-order valence-electron chi connectivity index (χ1n) is 21.0. The van der Waals surface area contributed by atoms with Crippen LogP contribution in [0.5, 0.6) is 0 Å². The van der Waals surface area contributed by atoms with E-state index in [0.717, 1.165) is 17.6 Å². The second-order valence-corrected chi connectivity index (χ2v) is 12.1. The van der Waals surface area contributed by atoms with E-state index in [4.69, 9.17) is 34.6 Å². The molecule has 21 nitrogen and oxygen atoms in total. The molecule has 0 aromatic carbocycles. The summed E-state index contributed by atoms with van der Waals surface area (Å²) in [5.41, 5.74) is 5.33. The summed E-state index contributed by atoms with van der Waals surface area (Å²) in [5, 5.41) is 13.3. The number of ether oxygens (including phenoxy) is 6. The van der Waals surface area contributed by atoms with E-state index in [1.165, 1.54) is 14.2 Å². The number of likely N-dealkylation sites (tertiary alicyclic amines) is 1. The molecule has 0 atom stereocenters. The summed E-state index contributed by atoms with van der Waals surface area (Å²) < 4.78 is 34.9. The van der Waals surface area contributed by atoms with Crippen molar-refractivity contribution in [1.29, 1.82) is 4.78 Å². The highest BCUT2D eigenvalue weighted by Gasteiger charge is 2.29. The maximum atomic E-state index is 11.0. The molecule has 1 aliphatic rings. The van der Waals surface area contributed by atoms with E-state index in [0.29, 0.717) is 84.6 Å². The summed E-state index contributed by atoms with van der Waals surface area (Å²) in [7, 11) is 2.73. The molecular formula is C41H81BrN5O16S+. The summed E-state index contributed by atoms with van der Waals surface area (Å²) in [4.78, 5) is 94.3. The summed E-state index contributed by atoms with van der Waals surface area (Å²) in [6.07, 6.45) is 4.98. The van der Waals surface area contributed by atoms with Gasteiger partial charge in [0.2, 0.25) is 23.6 Å². The SMILES string of the molecule is CCC(=O)CN1C(=O)CCC1=O.CCC(=O)NCCC=O.CCC(=O)O.CCC(=O)OC.CCOC(CCN)OCC.CCOC(CCNC(=O)CC)OCC.COC(=O)CBr.N=S.[H+]. The Morgan fingerprint density at radius 2 is 1.11 bits per heavy atom. The highest BCUT2D eigenvalue weighted by Crippen LogP contribution is 2.11. The Hall–Kier alpha value is -3.87. The number of aldehydes is 1. The number of ketones is 1. The van der Waals surface area contributed by atoms with Gasteiger partial charge >= 0.3 is 19.3 Å². The highest BCUT2D eigenvalue weighted by atomic mass is 79.9. The minimum Gasteiger partial charge on any atom is -0.481 e. The van der Waals surface area contributed by atoms with Crippen LogP contribution in [0.2, 0.25) is 0 Å². The normalized spacial score (nSPS) is 10.5. The molecule has 0 aromatic heterocycles. The predicted octanol–water partition coefficient (Wildman–Crippen LogP) is 4.27. The van der Waals surface area contributed by atoms with Crippen molar-refractivity contribution in [3.05, 3.63) is 0 Å². The summed E-state index contributed by atoms with van der Waals surface area (Å²) in [5.74, 6) is -1.59. The van der Waals surface area contributed by atoms with Crippen LogP contribution in [0.25, 0.3) is 0 Å². The van der Waals surface area contributed by atoms with Crippen molar-refractivity contribution in [2.24, 2.45) is 5.73 Å². The van der Waals surface area contributed by atoms with Gasteiger partial charge in [0.25, 0.3) is 0 Å². The lowest BCUT2D eigenvalue weighted by atomic mass is 10.3. The quantitative estimate of drug-likeness (QED) is 0.0225. The number of esters is 2. The number of imide groups is 1. The molecule has 0 saturated carbocycles. The lowest BCUT2D eigenvalue weighted by Gasteiger charge is -2.16. The summed E-state index contributed by atoms with van der Waals surface area (Å²) in [6.45, 7) is 20.7. The van der Waals surface area contributed by atoms with Gasteiger partial charge in [0.05, 0.1) is 20.8 Å². The summed E-state index contributed by atoms with van der Waals surface area (Å²) >= 11 is 6.23. The Labute approximate surface area is 396 Å². The molecule has 6 N–H and O–H groups in total. The third-order valence-corrected chi connectivity index (χ3v) is 7.24. The molecule has 0 spiro atoms. The van der Waals surface area contributed by atoms with Crippen LogP contribution in [-0.4, -0.2) is 148 Å². The minimum absolute atomic E-state index is 0. The van der Waals surface area contributed by atoms with Gasteiger partial charge in [-0.2, -0.15) is 0 Å². The fraction of sp³-hybridized carbons (Fsp3) is 0.780. The highest BCUT2D eigenvalue weighted by molar-refractivity contribution is 9.09. The zero-order valence-corrected chi connectivity index (χ0v) is 42.5. The van der Waals surface area contributed by atoms with E-state index in [1.807, 2.05) is 34.6 Å². The number of carboxylic acid groups (broad SMARTS) is 1. The number of hydrogen-bond acceptors (Lipinski definition) is 18. The number of nitrogens with one attached hydrogen (secondary N) is 3. The van der Waals surface area contributed by atoms with Crippen LogP contribution in [0.3, 0.4) is 0 Å². The van der Waals surface area contributed by atoms with Gasteiger partial charge in [0.15, 0.2) is 18.4 Å². The lowest BCUT2D eigenvalue weighted by Crippen LogP contribution is -2.33. The van der Waals surface area contributed by atoms with Gasteiger partial charge in [-0.25, -0.2) is 4.78 Å². The molecule has 0 radical (unpaired) electrons. The van der Waals surface area contributed by atoms with Crippen molar-refractivity contribution in [3.63, 3.8) is 0 Å². The maximum Gasteiger partial charge on any atom is 1.00 e. The second-order valence-electron chi connectivity index (χ2n) is 11.6. The fourth-order valence-electron chi connectivity index (χ4n) is 3.45. The first kappa shape index (κ1) is 74.5. The van der Waals surface area contributed by atoms with Crippen LogP contribution < -0.4 is 16.4 Å². The topological polar surface area (TPSA) is 306 Å². The molecule has 1 fully saturated rings. The number of nitrogens with two attached hydrogens (primary N) is 1. The first-order chi connectivity index (χ1) is 30.4. The number of halogens is 1. The number of nitrogens with zero attached hydrogens (tertiary/aromatic N) is 1. The first-order valence-corrected chi connectivity index (χ1v) is 22.6. The van der Waals surface area contributed by atoms with Crippen LogP contribution in [0.4, 0.5) is 0 Å². The number of Topliss-reactive ketones (excluding diaryl/α,β-unsaturated/α-hetero) is 1. The zero-order valence-electron chi connectivity index (χ0n) is 41.0. The van der Waals surface area contributed by atoms with Gasteiger partial charge in [-0.15, -0.1) is 0 Å². The van der Waals surface area contributed by atoms with E-state index >= 15 is 0 Å². The molecular weight excluding hydrogens is 930 g/mol. The van der Waals surface area contributed by atoms with Gasteiger partial charge in [-0.05, 0) is 34.2 Å². The van der Waals surface area contributed by atoms with E-state index in [-0.39, 0.29) is 86.5 Å². The number of alkyl halides is 1. The predicted molar refractivity (Wildman–Crippen MR) is 248 cm³/mol. The minimum atomic E-state index is -0.745. The number of hydrogen-bond donors (Lipinski definition) is 5. The van der Waals surface area contributed by atoms with Gasteiger partial charge in [0, 0.05) is 116 Å². The molecule has 0 bridgehead atoms. The molecule has 0 aromatic rings. The Bertz CT molecular complexity index is 1130. The van der Waals surface area contributed by atoms with Crippen LogP contribution in [-0.2, 0) is 84.0 Å². The number of aliphatic carboxylic acids is 1. The monoisotopic (exact) mass is 1010 g/mol. The van der Waals surface area contributed by atoms with Crippen molar-refractivity contribution < 1.29 is 78.1 Å². The van der Waals surface area contributed by atoms with Gasteiger partial charge in [-0.3, -0.25) is 43.3 Å². The fourth-order valence-corrected chi connectivity index (χ4v) is 3.67. The Morgan fingerprint density at radius 1 is 0.719 bits per heavy atom. The van der Waals surface area contributed by atoms with Crippen LogP contribution in [0.15, 0.2) is 0 Å². The van der Waals surface area contributed by atoms with E-state index in [1.54, 1.807) is 27.7 Å². The molecule has 23 heteroatoms. The van der Waals surface area contributed by atoms with E-state index in [9.17, 15) is 43.2 Å². The molecule has 4 amide bonds. The number of carbonyl (C=O) groups excluding carboxylic acids is 8. The van der Waals surface area contributed by atoms with Crippen molar-refractivity contribution in [2.75, 3.05) is 72.2 Å². The Morgan fingerprint density at radius 3 is 1.36 bits per heavy atom. The lowest BCUT2D eigenvalue weighted by molar-refractivity contribution is -0.142. The standard InChI is InChI=1S/C10H21NO3.C8H11NO3.C7H17NO2.C6H11NO2.C4H8O2.C3H5BrO2.C3H6O2.HNS/c1-4-9(12)11-8-7-10(13-5-2)14-6-3;1-2-6(10)5-9-7(11)3-4-8(9)12;1-3-9-7(5-6-8)10-4-2;1-2-6(9)7-4-3-5-8;1-3-4(5)6-2;1-6-3(5)2-4;1-2-3(4)5;1-2/h10H,4-8H2,1-3H3,(H,11,12);2-5H2,1H3;7H,3-6,8H2,1-2H3;5H,2-4H2,1H3,(H,7,9);3H2,1-2H3;2H2,1H3;2H2,1H3,(H,4,5);1H/p+1.